The van der Waals surface area contributed by atoms with E-state index < -0.39 is 35.4 Å². The third kappa shape index (κ3) is 11.8. The minimum Gasteiger partial charge on any atom is -0.489 e. The second-order valence-electron chi connectivity index (χ2n) is 21.3. The number of nitriles is 1. The first-order valence-electron chi connectivity index (χ1n) is 24.0. The Hall–Kier alpha value is -5.33. The Bertz CT molecular complexity index is 2510. The molecule has 3 atom stereocenters. The summed E-state index contributed by atoms with van der Waals surface area (Å²) in [6.45, 7) is 18.3. The zero-order valence-electron chi connectivity index (χ0n) is 41.1. The number of carbonyl (C=O) groups excluding carboxylic acids is 4. The number of thiazole rings is 1. The number of halogens is 1. The van der Waals surface area contributed by atoms with E-state index in [0.29, 0.717) is 40.8 Å². The van der Waals surface area contributed by atoms with Crippen molar-refractivity contribution in [1.29, 1.82) is 5.26 Å². The minimum atomic E-state index is -0.939. The molecule has 3 heterocycles. The largest absolute Gasteiger partial charge is 0.489 e. The van der Waals surface area contributed by atoms with Crippen LogP contribution in [-0.4, -0.2) is 95.6 Å². The molecule has 15 heteroatoms. The number of nitrogens with one attached hydrogen (secondary N) is 2. The Balaban J connectivity index is 0.823. The van der Waals surface area contributed by atoms with E-state index in [4.69, 9.17) is 21.1 Å². The lowest BCUT2D eigenvalue weighted by Gasteiger charge is -2.63. The van der Waals surface area contributed by atoms with Crippen LogP contribution in [0.5, 0.6) is 5.75 Å². The van der Waals surface area contributed by atoms with Crippen LogP contribution in [0.3, 0.4) is 0 Å². The van der Waals surface area contributed by atoms with Gasteiger partial charge in [0.1, 0.15) is 36.6 Å². The van der Waals surface area contributed by atoms with Crippen molar-refractivity contribution in [2.75, 3.05) is 37.7 Å². The summed E-state index contributed by atoms with van der Waals surface area (Å²) >= 11 is 7.85. The maximum Gasteiger partial charge on any atom is 0.246 e. The summed E-state index contributed by atoms with van der Waals surface area (Å²) in [7, 11) is 0. The van der Waals surface area contributed by atoms with Crippen LogP contribution >= 0.6 is 22.9 Å². The van der Waals surface area contributed by atoms with Gasteiger partial charge in [0.25, 0.3) is 0 Å². The van der Waals surface area contributed by atoms with Crippen LogP contribution in [0.25, 0.3) is 10.4 Å². The predicted molar refractivity (Wildman–Crippen MR) is 269 cm³/mol. The molecular formula is C54H67ClN6O7S. The maximum absolute atomic E-state index is 14.1. The Kier molecular flexibility index (Phi) is 15.9. The number of aliphatic hydroxyl groups excluding tert-OH is 1. The molecule has 7 rings (SSSR count). The van der Waals surface area contributed by atoms with Crippen LogP contribution in [-0.2, 0) is 25.7 Å². The van der Waals surface area contributed by atoms with E-state index in [2.05, 4.69) is 54.3 Å². The number of likely N-dealkylation sites (tertiary alicyclic amines) is 1. The molecule has 69 heavy (non-hydrogen) atoms. The number of nitrogens with zero attached hydrogens (tertiary/aromatic N) is 4. The molecule has 4 aromatic rings. The number of rotatable bonds is 17. The monoisotopic (exact) mass is 978 g/mol. The van der Waals surface area contributed by atoms with Crippen molar-refractivity contribution in [2.24, 2.45) is 28.1 Å². The van der Waals surface area contributed by atoms with Crippen LogP contribution in [0.1, 0.15) is 108 Å². The van der Waals surface area contributed by atoms with Crippen molar-refractivity contribution in [2.45, 2.75) is 118 Å². The quantitative estimate of drug-likeness (QED) is 0.0686. The molecule has 3 N–H and O–H groups in total. The number of carbonyl (C=O) groups is 4. The van der Waals surface area contributed by atoms with Crippen molar-refractivity contribution < 1.29 is 33.8 Å². The summed E-state index contributed by atoms with van der Waals surface area (Å²) in [5, 5.41) is 26.0. The normalized spacial score (nSPS) is 21.5. The number of anilines is 1. The van der Waals surface area contributed by atoms with Gasteiger partial charge in [0.2, 0.25) is 17.7 Å². The zero-order valence-corrected chi connectivity index (χ0v) is 42.7. The third-order valence-electron chi connectivity index (χ3n) is 14.6. The number of Topliss-reactive ketones (excluding diaryl/α,β-unsaturated/α-hetero) is 1. The molecule has 1 saturated carbocycles. The second-order valence-corrected chi connectivity index (χ2v) is 22.6. The Labute approximate surface area is 415 Å². The minimum absolute atomic E-state index is 0.00148. The molecule has 3 fully saturated rings. The van der Waals surface area contributed by atoms with Gasteiger partial charge in [0, 0.05) is 73.8 Å². The first-order valence-corrected chi connectivity index (χ1v) is 25.3. The summed E-state index contributed by atoms with van der Waals surface area (Å²) < 4.78 is 12.3. The van der Waals surface area contributed by atoms with Crippen LogP contribution in [0.2, 0.25) is 5.02 Å². The van der Waals surface area contributed by atoms with Gasteiger partial charge < -0.3 is 35.0 Å². The van der Waals surface area contributed by atoms with Crippen molar-refractivity contribution >= 4 is 52.1 Å². The van der Waals surface area contributed by atoms with E-state index in [1.807, 2.05) is 81.7 Å². The first-order chi connectivity index (χ1) is 32.7. The second kappa shape index (κ2) is 21.3. The van der Waals surface area contributed by atoms with E-state index in [0.717, 1.165) is 59.7 Å². The molecular weight excluding hydrogens is 912 g/mol. The molecule has 0 spiro atoms. The number of benzene rings is 3. The zero-order chi connectivity index (χ0) is 49.8. The van der Waals surface area contributed by atoms with Crippen LogP contribution < -0.4 is 20.3 Å². The predicted octanol–water partition coefficient (Wildman–Crippen LogP) is 8.78. The molecule has 1 aliphatic carbocycles. The Morgan fingerprint density at radius 1 is 1.00 bits per heavy atom. The van der Waals surface area contributed by atoms with Gasteiger partial charge in [-0.1, -0.05) is 84.3 Å². The molecule has 0 unspecified atom stereocenters. The Morgan fingerprint density at radius 2 is 1.68 bits per heavy atom. The lowest BCUT2D eigenvalue weighted by molar-refractivity contribution is -0.196. The number of aliphatic hydroxyl groups is 1. The van der Waals surface area contributed by atoms with Crippen molar-refractivity contribution in [1.82, 2.24) is 20.5 Å². The highest BCUT2D eigenvalue weighted by molar-refractivity contribution is 7.13. The number of aryl methyl sites for hydroxylation is 1. The fourth-order valence-corrected chi connectivity index (χ4v) is 11.9. The van der Waals surface area contributed by atoms with Crippen LogP contribution in [0, 0.1) is 46.3 Å². The standard InChI is InChI=1S/C54H67ClN6O7S/c1-33-47(69-32-58-33)37-11-9-35(10-12-37)29-57-49(65)43-25-40(62)30-61(43)50(66)48(52(2,3)4)59-46(64)31-67-24-21-34-19-22-60(23-20-34)39-16-13-36(14-17-39)44(63)27-45-53(5,6)51(54(45,7)8)68-41-18-15-38(28-56)42(55)26-41/h9-18,26,32,34,40,43,45,48,51,62H,19-25,27,29-31H2,1-8H3,(H,57,65)(H,59,64)/t40-,43+,45?,48-,51?/m1/s1. The average Bonchev–Trinajstić information content (AvgIpc) is 3.94. The van der Waals surface area contributed by atoms with Crippen LogP contribution in [0.4, 0.5) is 5.69 Å². The van der Waals surface area contributed by atoms with E-state index in [1.54, 1.807) is 29.5 Å². The van der Waals surface area contributed by atoms with Crippen molar-refractivity contribution in [3.05, 3.63) is 99.6 Å². The van der Waals surface area contributed by atoms with Crippen molar-refractivity contribution in [3.63, 3.8) is 0 Å². The molecule has 0 bridgehead atoms. The summed E-state index contributed by atoms with van der Waals surface area (Å²) in [5.41, 5.74) is 5.72. The smallest absolute Gasteiger partial charge is 0.246 e. The van der Waals surface area contributed by atoms with Crippen molar-refractivity contribution in [3.8, 4) is 22.3 Å². The summed E-state index contributed by atoms with van der Waals surface area (Å²) in [6.07, 6.45) is 2.26. The van der Waals surface area contributed by atoms with Gasteiger partial charge in [-0.2, -0.15) is 5.26 Å². The number of ether oxygens (including phenoxy) is 2. The highest BCUT2D eigenvalue weighted by Crippen LogP contribution is 2.62. The average molecular weight is 980 g/mol. The summed E-state index contributed by atoms with van der Waals surface area (Å²) in [4.78, 5) is 63.6. The number of hydrogen-bond acceptors (Lipinski definition) is 11. The lowest BCUT2D eigenvalue weighted by atomic mass is 9.44. The van der Waals surface area contributed by atoms with Gasteiger partial charge >= 0.3 is 0 Å². The van der Waals surface area contributed by atoms with E-state index >= 15 is 0 Å². The fourth-order valence-electron chi connectivity index (χ4n) is 10.9. The number of aromatic nitrogens is 1. The molecule has 2 saturated heterocycles. The Morgan fingerprint density at radius 3 is 2.29 bits per heavy atom. The highest BCUT2D eigenvalue weighted by atomic mass is 35.5. The molecule has 1 aromatic heterocycles. The number of ketones is 1. The molecule has 13 nitrogen and oxygen atoms in total. The first kappa shape index (κ1) is 51.5. The van der Waals surface area contributed by atoms with E-state index in [9.17, 15) is 29.5 Å². The molecule has 3 aromatic carbocycles. The fraction of sp³-hybridized carbons (Fsp3) is 0.519. The summed E-state index contributed by atoms with van der Waals surface area (Å²) in [6, 6.07) is 21.2. The molecule has 3 aliphatic rings. The topological polar surface area (TPSA) is 174 Å². The van der Waals surface area contributed by atoms with E-state index in [-0.39, 0.29) is 60.7 Å². The molecule has 2 aliphatic heterocycles. The molecule has 3 amide bonds. The maximum atomic E-state index is 14.1. The van der Waals surface area contributed by atoms with Gasteiger partial charge in [0.15, 0.2) is 5.78 Å². The molecule has 368 valence electrons. The lowest BCUT2D eigenvalue weighted by Crippen LogP contribution is -2.66. The summed E-state index contributed by atoms with van der Waals surface area (Å²) in [5.74, 6) is 0.0659. The van der Waals surface area contributed by atoms with Gasteiger partial charge in [-0.3, -0.25) is 19.2 Å². The SMILES string of the molecule is Cc1ncsc1-c1ccc(CNC(=O)[C@@H]2C[C@@H](O)CN2C(=O)[C@@H](NC(=O)COCCC2CCN(c3ccc(C(=O)CC4C(C)(C)C(Oc5ccc(C#N)c(Cl)c5)C4(C)C)cc3)CC2)C(C)(C)C)cc1. The van der Waals surface area contributed by atoms with Gasteiger partial charge in [0.05, 0.1) is 32.8 Å². The number of amides is 3. The van der Waals surface area contributed by atoms with Crippen LogP contribution in [0.15, 0.2) is 72.2 Å². The number of hydrogen-bond donors (Lipinski definition) is 3. The number of β-amino-alcohol motifs (C(OH)–C–C–N with tert-alkyl or cyclic N) is 1. The highest BCUT2D eigenvalue weighted by Gasteiger charge is 2.63. The van der Waals surface area contributed by atoms with Gasteiger partial charge in [-0.15, -0.1) is 11.3 Å². The van der Waals surface area contributed by atoms with Gasteiger partial charge in [-0.25, -0.2) is 4.98 Å². The van der Waals surface area contributed by atoms with Gasteiger partial charge in [-0.05, 0) is 91.0 Å². The van der Waals surface area contributed by atoms with E-state index in [1.165, 1.54) is 4.90 Å². The molecule has 0 radical (unpaired) electrons. The third-order valence-corrected chi connectivity index (χ3v) is 15.9. The number of piperidine rings is 1.